The Labute approximate surface area is 82.8 Å². The Bertz CT molecular complexity index is 294. The molecule has 1 saturated heterocycles. The van der Waals surface area contributed by atoms with Gasteiger partial charge in [-0.25, -0.2) is 0 Å². The summed E-state index contributed by atoms with van der Waals surface area (Å²) >= 11 is 0. The van der Waals surface area contributed by atoms with E-state index in [1.807, 2.05) is 6.92 Å². The van der Waals surface area contributed by atoms with Crippen LogP contribution in [-0.4, -0.2) is 30.3 Å². The summed E-state index contributed by atoms with van der Waals surface area (Å²) in [6, 6.07) is 0. The molecular formula is C9H15N3O2. The fraction of sp³-hybridized carbons (Fsp3) is 0.778. The first-order chi connectivity index (χ1) is 6.81. The number of rotatable bonds is 3. The SMILES string of the molecule is COC(C)c1noc(C2CCNC2)n1. The quantitative estimate of drug-likeness (QED) is 0.778. The normalized spacial score (nSPS) is 24.0. The van der Waals surface area contributed by atoms with Gasteiger partial charge in [0.1, 0.15) is 6.10 Å². The maximum absolute atomic E-state index is 5.19. The topological polar surface area (TPSA) is 60.2 Å². The van der Waals surface area contributed by atoms with Crippen LogP contribution in [-0.2, 0) is 4.74 Å². The lowest BCUT2D eigenvalue weighted by Crippen LogP contribution is -2.08. The van der Waals surface area contributed by atoms with Crippen LogP contribution in [0.4, 0.5) is 0 Å². The van der Waals surface area contributed by atoms with Crippen molar-refractivity contribution in [1.29, 1.82) is 0 Å². The van der Waals surface area contributed by atoms with E-state index in [-0.39, 0.29) is 6.10 Å². The van der Waals surface area contributed by atoms with Crippen LogP contribution in [0.5, 0.6) is 0 Å². The largest absolute Gasteiger partial charge is 0.374 e. The molecule has 1 aromatic rings. The molecule has 2 atom stereocenters. The van der Waals surface area contributed by atoms with E-state index in [1.54, 1.807) is 7.11 Å². The summed E-state index contributed by atoms with van der Waals surface area (Å²) in [6.07, 6.45) is 0.977. The maximum atomic E-state index is 5.19. The standard InChI is InChI=1S/C9H15N3O2/c1-6(13-2)8-11-9(14-12-8)7-3-4-10-5-7/h6-7,10H,3-5H2,1-2H3. The highest BCUT2D eigenvalue weighted by atomic mass is 16.5. The number of methoxy groups -OCH3 is 1. The molecule has 0 radical (unpaired) electrons. The molecule has 1 N–H and O–H groups in total. The second kappa shape index (κ2) is 4.06. The van der Waals surface area contributed by atoms with Crippen LogP contribution in [0.25, 0.3) is 0 Å². The minimum Gasteiger partial charge on any atom is -0.374 e. The molecule has 0 aromatic carbocycles. The first kappa shape index (κ1) is 9.61. The van der Waals surface area contributed by atoms with Crippen LogP contribution in [0.3, 0.4) is 0 Å². The molecule has 5 heteroatoms. The summed E-state index contributed by atoms with van der Waals surface area (Å²) in [7, 11) is 1.64. The number of nitrogens with one attached hydrogen (secondary N) is 1. The average molecular weight is 197 g/mol. The Kier molecular flexibility index (Phi) is 2.79. The molecule has 0 spiro atoms. The van der Waals surface area contributed by atoms with Crippen molar-refractivity contribution in [3.8, 4) is 0 Å². The number of hydrogen-bond acceptors (Lipinski definition) is 5. The zero-order valence-corrected chi connectivity index (χ0v) is 8.49. The Morgan fingerprint density at radius 2 is 2.50 bits per heavy atom. The Morgan fingerprint density at radius 1 is 1.64 bits per heavy atom. The predicted molar refractivity (Wildman–Crippen MR) is 49.9 cm³/mol. The van der Waals surface area contributed by atoms with Crippen molar-refractivity contribution in [3.63, 3.8) is 0 Å². The van der Waals surface area contributed by atoms with Crippen LogP contribution in [0, 0.1) is 0 Å². The average Bonchev–Trinajstić information content (AvgIpc) is 2.86. The van der Waals surface area contributed by atoms with E-state index < -0.39 is 0 Å². The first-order valence-corrected chi connectivity index (χ1v) is 4.88. The van der Waals surface area contributed by atoms with E-state index in [0.29, 0.717) is 11.7 Å². The highest BCUT2D eigenvalue weighted by molar-refractivity contribution is 4.99. The molecule has 2 heterocycles. The van der Waals surface area contributed by atoms with Gasteiger partial charge in [-0.1, -0.05) is 5.16 Å². The molecule has 0 bridgehead atoms. The molecule has 2 unspecified atom stereocenters. The van der Waals surface area contributed by atoms with Gasteiger partial charge in [-0.15, -0.1) is 0 Å². The monoisotopic (exact) mass is 197 g/mol. The van der Waals surface area contributed by atoms with E-state index in [9.17, 15) is 0 Å². The second-order valence-electron chi connectivity index (χ2n) is 3.56. The molecule has 5 nitrogen and oxygen atoms in total. The van der Waals surface area contributed by atoms with E-state index in [2.05, 4.69) is 15.5 Å². The molecule has 0 amide bonds. The third-order valence-corrected chi connectivity index (χ3v) is 2.58. The molecule has 1 fully saturated rings. The lowest BCUT2D eigenvalue weighted by Gasteiger charge is -2.02. The predicted octanol–water partition coefficient (Wildman–Crippen LogP) is 0.854. The smallest absolute Gasteiger partial charge is 0.231 e. The van der Waals surface area contributed by atoms with E-state index in [4.69, 9.17) is 9.26 Å². The van der Waals surface area contributed by atoms with Crippen LogP contribution in [0.1, 0.15) is 37.1 Å². The highest BCUT2D eigenvalue weighted by Gasteiger charge is 2.23. The van der Waals surface area contributed by atoms with Gasteiger partial charge in [-0.05, 0) is 19.9 Å². The van der Waals surface area contributed by atoms with Crippen molar-refractivity contribution in [2.75, 3.05) is 20.2 Å². The summed E-state index contributed by atoms with van der Waals surface area (Å²) in [5, 5.41) is 7.16. The van der Waals surface area contributed by atoms with Gasteiger partial charge in [0.05, 0.1) is 5.92 Å². The minimum absolute atomic E-state index is 0.0955. The maximum Gasteiger partial charge on any atom is 0.231 e. The number of ether oxygens (including phenoxy) is 1. The minimum atomic E-state index is -0.0955. The van der Waals surface area contributed by atoms with Gasteiger partial charge in [0.25, 0.3) is 0 Å². The summed E-state index contributed by atoms with van der Waals surface area (Å²) in [5.74, 6) is 1.74. The van der Waals surface area contributed by atoms with Gasteiger partial charge < -0.3 is 14.6 Å². The highest BCUT2D eigenvalue weighted by Crippen LogP contribution is 2.22. The Balaban J connectivity index is 2.08. The third kappa shape index (κ3) is 1.78. The van der Waals surface area contributed by atoms with Crippen LogP contribution < -0.4 is 5.32 Å². The first-order valence-electron chi connectivity index (χ1n) is 4.88. The van der Waals surface area contributed by atoms with Crippen LogP contribution in [0.15, 0.2) is 4.52 Å². The molecule has 14 heavy (non-hydrogen) atoms. The molecular weight excluding hydrogens is 182 g/mol. The van der Waals surface area contributed by atoms with E-state index in [1.165, 1.54) is 0 Å². The van der Waals surface area contributed by atoms with Gasteiger partial charge in [-0.3, -0.25) is 0 Å². The van der Waals surface area contributed by atoms with E-state index >= 15 is 0 Å². The molecule has 0 aliphatic carbocycles. The number of hydrogen-bond donors (Lipinski definition) is 1. The van der Waals surface area contributed by atoms with Crippen molar-refractivity contribution in [2.45, 2.75) is 25.4 Å². The van der Waals surface area contributed by atoms with Gasteiger partial charge >= 0.3 is 0 Å². The van der Waals surface area contributed by atoms with Crippen molar-refractivity contribution in [2.24, 2.45) is 0 Å². The summed E-state index contributed by atoms with van der Waals surface area (Å²) in [6.45, 7) is 3.87. The fourth-order valence-corrected chi connectivity index (χ4v) is 1.55. The van der Waals surface area contributed by atoms with E-state index in [0.717, 1.165) is 25.4 Å². The lowest BCUT2D eigenvalue weighted by atomic mass is 10.1. The zero-order chi connectivity index (χ0) is 9.97. The molecule has 1 aliphatic rings. The van der Waals surface area contributed by atoms with Crippen molar-refractivity contribution in [1.82, 2.24) is 15.5 Å². The van der Waals surface area contributed by atoms with Gasteiger partial charge in [0.15, 0.2) is 5.82 Å². The van der Waals surface area contributed by atoms with Crippen LogP contribution >= 0.6 is 0 Å². The Morgan fingerprint density at radius 3 is 3.14 bits per heavy atom. The molecule has 0 saturated carbocycles. The second-order valence-corrected chi connectivity index (χ2v) is 3.56. The number of nitrogens with zero attached hydrogens (tertiary/aromatic N) is 2. The molecule has 1 aromatic heterocycles. The molecule has 2 rings (SSSR count). The zero-order valence-electron chi connectivity index (χ0n) is 8.49. The van der Waals surface area contributed by atoms with Gasteiger partial charge in [0.2, 0.25) is 5.89 Å². The van der Waals surface area contributed by atoms with Crippen molar-refractivity contribution in [3.05, 3.63) is 11.7 Å². The number of aromatic nitrogens is 2. The summed E-state index contributed by atoms with van der Waals surface area (Å²) in [4.78, 5) is 4.32. The molecule has 78 valence electrons. The van der Waals surface area contributed by atoms with Crippen molar-refractivity contribution >= 4 is 0 Å². The van der Waals surface area contributed by atoms with Crippen LogP contribution in [0.2, 0.25) is 0 Å². The Hall–Kier alpha value is -0.940. The summed E-state index contributed by atoms with van der Waals surface area (Å²) < 4.78 is 10.3. The summed E-state index contributed by atoms with van der Waals surface area (Å²) in [5.41, 5.74) is 0. The lowest BCUT2D eigenvalue weighted by molar-refractivity contribution is 0.109. The molecule has 1 aliphatic heterocycles. The van der Waals surface area contributed by atoms with Gasteiger partial charge in [0, 0.05) is 13.7 Å². The van der Waals surface area contributed by atoms with Crippen molar-refractivity contribution < 1.29 is 9.26 Å². The fourth-order valence-electron chi connectivity index (χ4n) is 1.55. The van der Waals surface area contributed by atoms with Gasteiger partial charge in [-0.2, -0.15) is 4.98 Å². The third-order valence-electron chi connectivity index (χ3n) is 2.58.